The molecule has 0 aliphatic heterocycles. The van der Waals surface area contributed by atoms with Gasteiger partial charge in [-0.25, -0.2) is 0 Å². The van der Waals surface area contributed by atoms with Gasteiger partial charge in [-0.2, -0.15) is 0 Å². The van der Waals surface area contributed by atoms with Crippen LogP contribution in [0.2, 0.25) is 0 Å². The Kier molecular flexibility index (Phi) is 4030. The predicted molar refractivity (Wildman–Crippen MR) is 3.43 cm³/mol. The Balaban J connectivity index is 0. The van der Waals surface area contributed by atoms with E-state index in [-0.39, 0.29) is 107 Å². The molecule has 0 aromatic heterocycles. The Morgan fingerprint density at radius 1 is 0.333 bits per heavy atom. The Morgan fingerprint density at radius 3 is 0.333 bits per heavy atom. The third-order valence-corrected chi connectivity index (χ3v) is 0. The first-order valence-electron chi connectivity index (χ1n) is 0. The van der Waals surface area contributed by atoms with E-state index in [4.69, 9.17) is 0 Å². The quantitative estimate of drug-likeness (QED) is 0.499. The maximum atomic E-state index is 0. The zero-order valence-electron chi connectivity index (χ0n) is 3.75. The van der Waals surface area contributed by atoms with Crippen molar-refractivity contribution in [1.82, 2.24) is 0 Å². The summed E-state index contributed by atoms with van der Waals surface area (Å²) in [6, 6.07) is 0. The summed E-state index contributed by atoms with van der Waals surface area (Å²) in [4.78, 5) is 0. The summed E-state index contributed by atoms with van der Waals surface area (Å²) < 4.78 is 0. The van der Waals surface area contributed by atoms with E-state index in [0.29, 0.717) is 0 Å². The van der Waals surface area contributed by atoms with Crippen LogP contribution in [0, 0.1) is 0 Å². The van der Waals surface area contributed by atoms with Gasteiger partial charge in [0.15, 0.2) is 0 Å². The van der Waals surface area contributed by atoms with Crippen molar-refractivity contribution in [1.29, 1.82) is 0 Å². The van der Waals surface area contributed by atoms with E-state index in [1.807, 2.05) is 0 Å². The second-order valence-electron chi connectivity index (χ2n) is 0. The molecule has 9 heavy (non-hydrogen) atoms. The molecule has 0 rings (SSSR count). The average Bonchev–Trinajstić information content (AvgIpc) is 0. The molecule has 0 atom stereocenters. The first-order chi connectivity index (χ1) is 0. The van der Waals surface area contributed by atoms with E-state index in [2.05, 4.69) is 0 Å². The van der Waals surface area contributed by atoms with E-state index >= 15 is 0 Å². The van der Waals surface area contributed by atoms with E-state index in [1.165, 1.54) is 0 Å². The number of rotatable bonds is 0. The average molecular weight is 374 g/mol. The Bertz CT molecular complexity index is 12.9. The molecule has 0 radical (unpaired) electrons. The van der Waals surface area contributed by atoms with Crippen molar-refractivity contribution in [2.75, 3.05) is 0 Å². The minimum absolute atomic E-state index is 0. The Labute approximate surface area is 106 Å². The molecule has 0 aromatic carbocycles. The third-order valence-electron chi connectivity index (χ3n) is 0. The second kappa shape index (κ2) is 164. The molecule has 0 unspecified atom stereocenters. The normalized spacial score (nSPS) is 0. The SMILES string of the molecule is [Mo].[Mo].[O-2].[O-2].[O-2].[O-2].[O-2].[V+5].[V+5]. The molecule has 0 fully saturated rings. The van der Waals surface area contributed by atoms with Gasteiger partial charge in [-0.3, -0.25) is 0 Å². The van der Waals surface area contributed by atoms with Crippen molar-refractivity contribution in [3.63, 3.8) is 0 Å². The molecule has 0 aromatic rings. The van der Waals surface area contributed by atoms with Gasteiger partial charge in [0.25, 0.3) is 0 Å². The molecule has 5 nitrogen and oxygen atoms in total. The van der Waals surface area contributed by atoms with Crippen molar-refractivity contribution < 1.29 is 107 Å². The molecule has 0 N–H and O–H groups in total. The number of hydrogen-bond donors (Lipinski definition) is 0. The van der Waals surface area contributed by atoms with Crippen LogP contribution in [0.3, 0.4) is 0 Å². The summed E-state index contributed by atoms with van der Waals surface area (Å²) in [5, 5.41) is 0. The molecular formula is Mo2O5V2. The minimum Gasteiger partial charge on any atom is -2.00 e. The monoisotopic (exact) mass is 378 g/mol. The summed E-state index contributed by atoms with van der Waals surface area (Å²) >= 11 is 0. The topological polar surface area (TPSA) is 142 Å². The van der Waals surface area contributed by atoms with E-state index in [0.717, 1.165) is 0 Å². The fraction of sp³-hybridized carbons (Fsp3) is 0. The minimum atomic E-state index is 0. The van der Waals surface area contributed by atoms with Crippen LogP contribution in [-0.4, -0.2) is 0 Å². The molecule has 0 saturated heterocycles. The maximum absolute atomic E-state index is 0. The fourth-order valence-electron chi connectivity index (χ4n) is 0. The molecule has 52 valence electrons. The first kappa shape index (κ1) is 221. The van der Waals surface area contributed by atoms with Crippen molar-refractivity contribution in [3.05, 3.63) is 0 Å². The van der Waals surface area contributed by atoms with Gasteiger partial charge >= 0.3 is 37.1 Å². The summed E-state index contributed by atoms with van der Waals surface area (Å²) in [7, 11) is 0. The zero-order valence-corrected chi connectivity index (χ0v) is 10.6. The van der Waals surface area contributed by atoms with Gasteiger partial charge in [0.05, 0.1) is 0 Å². The van der Waals surface area contributed by atoms with E-state index in [1.54, 1.807) is 0 Å². The van der Waals surface area contributed by atoms with E-state index < -0.39 is 0 Å². The van der Waals surface area contributed by atoms with Gasteiger partial charge in [0, 0.05) is 42.1 Å². The summed E-state index contributed by atoms with van der Waals surface area (Å²) in [6.07, 6.45) is 0. The standard InChI is InChI=1S/2Mo.5O.2V/q;;5*-2;2*+5. The third kappa shape index (κ3) is 131. The van der Waals surface area contributed by atoms with Gasteiger partial charge < -0.3 is 27.4 Å². The van der Waals surface area contributed by atoms with Crippen LogP contribution in [-0.2, 0) is 107 Å². The van der Waals surface area contributed by atoms with Crippen LogP contribution in [0.5, 0.6) is 0 Å². The van der Waals surface area contributed by atoms with Gasteiger partial charge in [0.1, 0.15) is 0 Å². The molecule has 0 aliphatic carbocycles. The van der Waals surface area contributed by atoms with Crippen LogP contribution in [0.25, 0.3) is 0 Å². The Morgan fingerprint density at radius 2 is 0.333 bits per heavy atom. The van der Waals surface area contributed by atoms with Crippen molar-refractivity contribution in [2.24, 2.45) is 0 Å². The summed E-state index contributed by atoms with van der Waals surface area (Å²) in [6.45, 7) is 0. The molecule has 0 amide bonds. The van der Waals surface area contributed by atoms with Crippen molar-refractivity contribution in [2.45, 2.75) is 0 Å². The summed E-state index contributed by atoms with van der Waals surface area (Å²) in [5.74, 6) is 0. The molecular weight excluding hydrogens is 374 g/mol. The van der Waals surface area contributed by atoms with Gasteiger partial charge in [0.2, 0.25) is 0 Å². The number of hydrogen-bond acceptors (Lipinski definition) is 0. The zero-order chi connectivity index (χ0) is 0. The molecule has 0 spiro atoms. The molecule has 0 bridgehead atoms. The summed E-state index contributed by atoms with van der Waals surface area (Å²) in [5.41, 5.74) is 0. The van der Waals surface area contributed by atoms with E-state index in [9.17, 15) is 0 Å². The molecule has 0 aliphatic rings. The second-order valence-corrected chi connectivity index (χ2v) is 0. The van der Waals surface area contributed by atoms with Gasteiger partial charge in [-0.15, -0.1) is 0 Å². The maximum Gasteiger partial charge on any atom is 5.00 e. The molecule has 0 saturated carbocycles. The smallest absolute Gasteiger partial charge is 2.00 e. The molecule has 0 heterocycles. The Hall–Kier alpha value is 2.35. The molecule has 9 heteroatoms. The van der Waals surface area contributed by atoms with Crippen LogP contribution in [0.15, 0.2) is 0 Å². The van der Waals surface area contributed by atoms with Crippen LogP contribution < -0.4 is 0 Å². The van der Waals surface area contributed by atoms with Crippen LogP contribution >= 0.6 is 0 Å². The van der Waals surface area contributed by atoms with Gasteiger partial charge in [-0.1, -0.05) is 0 Å². The van der Waals surface area contributed by atoms with Crippen LogP contribution in [0.1, 0.15) is 0 Å². The van der Waals surface area contributed by atoms with Crippen molar-refractivity contribution >= 4 is 0 Å². The first-order valence-corrected chi connectivity index (χ1v) is 0. The predicted octanol–water partition coefficient (Wildman–Crippen LogP) is -0.604. The van der Waals surface area contributed by atoms with Crippen molar-refractivity contribution in [3.8, 4) is 0 Å². The largest absolute Gasteiger partial charge is 5.00 e. The fourth-order valence-corrected chi connectivity index (χ4v) is 0. The van der Waals surface area contributed by atoms with Gasteiger partial charge in [-0.05, 0) is 0 Å². The van der Waals surface area contributed by atoms with Crippen LogP contribution in [0.4, 0.5) is 0 Å².